The minimum absolute atomic E-state index is 0.0996. The molecule has 100 valence electrons. The highest BCUT2D eigenvalue weighted by molar-refractivity contribution is 5.38. The maximum Gasteiger partial charge on any atom is 0.123 e. The first-order chi connectivity index (χ1) is 8.56. The van der Waals surface area contributed by atoms with Crippen LogP contribution in [0.1, 0.15) is 31.2 Å². The average Bonchev–Trinajstić information content (AvgIpc) is 2.33. The van der Waals surface area contributed by atoms with Gasteiger partial charge < -0.3 is 15.9 Å². The topological polar surface area (TPSA) is 69.7 Å². The third kappa shape index (κ3) is 3.15. The van der Waals surface area contributed by atoms with E-state index < -0.39 is 0 Å². The summed E-state index contributed by atoms with van der Waals surface area (Å²) < 4.78 is 0. The Bertz CT molecular complexity index is 401. The van der Waals surface area contributed by atoms with Gasteiger partial charge in [0.25, 0.3) is 0 Å². The van der Waals surface area contributed by atoms with Crippen molar-refractivity contribution in [1.29, 1.82) is 0 Å². The molecule has 4 nitrogen and oxygen atoms in total. The summed E-state index contributed by atoms with van der Waals surface area (Å²) in [5.41, 5.74) is 6.76. The SMILES string of the molecule is CN(Cc1ccc(O)cc1O)C1CCC(N)CC1. The van der Waals surface area contributed by atoms with E-state index in [9.17, 15) is 10.2 Å². The molecule has 0 aromatic heterocycles. The van der Waals surface area contributed by atoms with Crippen LogP contribution in [0.25, 0.3) is 0 Å². The Labute approximate surface area is 108 Å². The van der Waals surface area contributed by atoms with Crippen LogP contribution in [-0.4, -0.2) is 34.2 Å². The fourth-order valence-corrected chi connectivity index (χ4v) is 2.63. The van der Waals surface area contributed by atoms with Crippen molar-refractivity contribution in [3.8, 4) is 11.5 Å². The van der Waals surface area contributed by atoms with Crippen molar-refractivity contribution in [3.63, 3.8) is 0 Å². The second-order valence-corrected chi connectivity index (χ2v) is 5.30. The van der Waals surface area contributed by atoms with Gasteiger partial charge in [-0.3, -0.25) is 4.90 Å². The number of hydrogen-bond donors (Lipinski definition) is 3. The van der Waals surface area contributed by atoms with Crippen molar-refractivity contribution in [2.24, 2.45) is 5.73 Å². The molecule has 0 atom stereocenters. The molecule has 0 heterocycles. The van der Waals surface area contributed by atoms with E-state index in [4.69, 9.17) is 5.73 Å². The summed E-state index contributed by atoms with van der Waals surface area (Å²) in [4.78, 5) is 2.26. The third-order valence-electron chi connectivity index (χ3n) is 3.85. The molecule has 0 aliphatic heterocycles. The first kappa shape index (κ1) is 13.2. The van der Waals surface area contributed by atoms with Crippen LogP contribution in [0.5, 0.6) is 11.5 Å². The highest BCUT2D eigenvalue weighted by atomic mass is 16.3. The third-order valence-corrected chi connectivity index (χ3v) is 3.85. The molecule has 0 saturated heterocycles. The molecular formula is C14H22N2O2. The lowest BCUT2D eigenvalue weighted by Crippen LogP contribution is -2.38. The van der Waals surface area contributed by atoms with Crippen molar-refractivity contribution in [1.82, 2.24) is 4.90 Å². The van der Waals surface area contributed by atoms with Gasteiger partial charge in [-0.05, 0) is 38.8 Å². The van der Waals surface area contributed by atoms with Crippen LogP contribution in [-0.2, 0) is 6.54 Å². The van der Waals surface area contributed by atoms with E-state index in [1.165, 1.54) is 6.07 Å². The van der Waals surface area contributed by atoms with Gasteiger partial charge in [0.1, 0.15) is 11.5 Å². The van der Waals surface area contributed by atoms with Gasteiger partial charge in [0.2, 0.25) is 0 Å². The molecule has 0 amide bonds. The van der Waals surface area contributed by atoms with Gasteiger partial charge >= 0.3 is 0 Å². The summed E-state index contributed by atoms with van der Waals surface area (Å²) >= 11 is 0. The van der Waals surface area contributed by atoms with Gasteiger partial charge in [-0.15, -0.1) is 0 Å². The van der Waals surface area contributed by atoms with E-state index in [2.05, 4.69) is 11.9 Å². The summed E-state index contributed by atoms with van der Waals surface area (Å²) in [6.07, 6.45) is 4.40. The molecule has 1 aromatic carbocycles. The number of hydrogen-bond acceptors (Lipinski definition) is 4. The van der Waals surface area contributed by atoms with E-state index in [1.807, 2.05) is 0 Å². The quantitative estimate of drug-likeness (QED) is 0.765. The normalized spacial score (nSPS) is 24.4. The maximum absolute atomic E-state index is 9.77. The summed E-state index contributed by atoms with van der Waals surface area (Å²) in [5.74, 6) is 0.261. The lowest BCUT2D eigenvalue weighted by atomic mass is 9.91. The summed E-state index contributed by atoms with van der Waals surface area (Å²) in [6.45, 7) is 0.700. The summed E-state index contributed by atoms with van der Waals surface area (Å²) in [5, 5.41) is 19.0. The standard InChI is InChI=1S/C14H22N2O2/c1-16(12-5-3-11(15)4-6-12)9-10-2-7-13(17)8-14(10)18/h2,7-8,11-12,17-18H,3-6,9,15H2,1H3. The Morgan fingerprint density at radius 3 is 2.50 bits per heavy atom. The van der Waals surface area contributed by atoms with Crippen LogP contribution in [0.3, 0.4) is 0 Å². The van der Waals surface area contributed by atoms with E-state index in [0.717, 1.165) is 31.2 Å². The second kappa shape index (κ2) is 5.59. The van der Waals surface area contributed by atoms with Crippen LogP contribution in [0.2, 0.25) is 0 Å². The van der Waals surface area contributed by atoms with E-state index in [-0.39, 0.29) is 11.5 Å². The molecule has 0 unspecified atom stereocenters. The molecule has 2 rings (SSSR count). The number of phenolic OH excluding ortho intramolecular Hbond substituents is 2. The number of rotatable bonds is 3. The smallest absolute Gasteiger partial charge is 0.123 e. The minimum Gasteiger partial charge on any atom is -0.508 e. The predicted octanol–water partition coefficient (Wildman–Crippen LogP) is 1.80. The Balaban J connectivity index is 1.96. The van der Waals surface area contributed by atoms with Crippen LogP contribution in [0.15, 0.2) is 18.2 Å². The molecule has 1 fully saturated rings. The molecule has 1 aromatic rings. The molecular weight excluding hydrogens is 228 g/mol. The minimum atomic E-state index is 0.0996. The molecule has 1 saturated carbocycles. The Hall–Kier alpha value is -1.26. The second-order valence-electron chi connectivity index (χ2n) is 5.30. The molecule has 1 aliphatic carbocycles. The number of phenols is 2. The molecule has 4 N–H and O–H groups in total. The highest BCUT2D eigenvalue weighted by Crippen LogP contribution is 2.27. The van der Waals surface area contributed by atoms with Gasteiger partial charge in [-0.2, -0.15) is 0 Å². The van der Waals surface area contributed by atoms with Crippen LogP contribution < -0.4 is 5.73 Å². The van der Waals surface area contributed by atoms with Crippen LogP contribution in [0.4, 0.5) is 0 Å². The van der Waals surface area contributed by atoms with Crippen molar-refractivity contribution in [2.75, 3.05) is 7.05 Å². The number of benzene rings is 1. The lowest BCUT2D eigenvalue weighted by molar-refractivity contribution is 0.175. The summed E-state index contributed by atoms with van der Waals surface area (Å²) in [6, 6.07) is 5.67. The van der Waals surface area contributed by atoms with Gasteiger partial charge in [-0.25, -0.2) is 0 Å². The van der Waals surface area contributed by atoms with Crippen molar-refractivity contribution in [2.45, 2.75) is 44.3 Å². The van der Waals surface area contributed by atoms with E-state index in [0.29, 0.717) is 18.6 Å². The van der Waals surface area contributed by atoms with E-state index in [1.54, 1.807) is 12.1 Å². The molecule has 4 heteroatoms. The molecule has 0 bridgehead atoms. The number of nitrogens with zero attached hydrogens (tertiary/aromatic N) is 1. The van der Waals surface area contributed by atoms with Gasteiger partial charge in [0.05, 0.1) is 0 Å². The number of aromatic hydroxyl groups is 2. The van der Waals surface area contributed by atoms with Gasteiger partial charge in [0, 0.05) is 30.3 Å². The zero-order valence-electron chi connectivity index (χ0n) is 10.8. The zero-order valence-corrected chi connectivity index (χ0v) is 10.8. The van der Waals surface area contributed by atoms with Crippen molar-refractivity contribution < 1.29 is 10.2 Å². The highest BCUT2D eigenvalue weighted by Gasteiger charge is 2.22. The van der Waals surface area contributed by atoms with E-state index >= 15 is 0 Å². The maximum atomic E-state index is 9.77. The number of nitrogens with two attached hydrogens (primary N) is 1. The van der Waals surface area contributed by atoms with Crippen molar-refractivity contribution >= 4 is 0 Å². The van der Waals surface area contributed by atoms with Crippen molar-refractivity contribution in [3.05, 3.63) is 23.8 Å². The van der Waals surface area contributed by atoms with Crippen LogP contribution >= 0.6 is 0 Å². The van der Waals surface area contributed by atoms with Crippen LogP contribution in [0, 0.1) is 0 Å². The Morgan fingerprint density at radius 2 is 1.89 bits per heavy atom. The first-order valence-corrected chi connectivity index (χ1v) is 6.53. The molecule has 0 radical (unpaired) electrons. The summed E-state index contributed by atoms with van der Waals surface area (Å²) in [7, 11) is 2.08. The lowest BCUT2D eigenvalue weighted by Gasteiger charge is -2.33. The van der Waals surface area contributed by atoms with Gasteiger partial charge in [0.15, 0.2) is 0 Å². The fraction of sp³-hybridized carbons (Fsp3) is 0.571. The predicted molar refractivity (Wildman–Crippen MR) is 71.5 cm³/mol. The van der Waals surface area contributed by atoms with Gasteiger partial charge in [-0.1, -0.05) is 6.07 Å². The molecule has 1 aliphatic rings. The molecule has 0 spiro atoms. The Morgan fingerprint density at radius 1 is 1.22 bits per heavy atom. The largest absolute Gasteiger partial charge is 0.508 e. The fourth-order valence-electron chi connectivity index (χ4n) is 2.63. The monoisotopic (exact) mass is 250 g/mol. The average molecular weight is 250 g/mol. The Kier molecular flexibility index (Phi) is 4.09. The molecule has 18 heavy (non-hydrogen) atoms. The first-order valence-electron chi connectivity index (χ1n) is 6.53. The zero-order chi connectivity index (χ0) is 13.1.